The molecule has 8 heteroatoms. The van der Waals surface area contributed by atoms with Crippen molar-refractivity contribution in [2.45, 2.75) is 51.6 Å². The summed E-state index contributed by atoms with van der Waals surface area (Å²) < 4.78 is 0. The smallest absolute Gasteiger partial charge is 0.220 e. The Morgan fingerprint density at radius 1 is 1.42 bits per heavy atom. The Kier molecular flexibility index (Phi) is 7.32. The Morgan fingerprint density at radius 2 is 2.15 bits per heavy atom. The van der Waals surface area contributed by atoms with E-state index in [9.17, 15) is 14.4 Å². The number of aromatic amines is 1. The van der Waals surface area contributed by atoms with E-state index in [1.54, 1.807) is 6.07 Å². The zero-order valence-electron chi connectivity index (χ0n) is 15.7. The summed E-state index contributed by atoms with van der Waals surface area (Å²) in [5.74, 6) is 0.858. The number of hydrogen-bond donors (Lipinski definition) is 3. The average molecular weight is 363 g/mol. The van der Waals surface area contributed by atoms with E-state index in [-0.39, 0.29) is 17.9 Å². The summed E-state index contributed by atoms with van der Waals surface area (Å²) in [5, 5.41) is 12.2. The standard InChI is InChI=1S/C10H18N2O.C8H11N3O2/c1-12-5-4-9(7-12)11-10(13)6-8-2-3-8;1-5(9-6(2)13)8-3-7(4-12)10-11-8/h8-9H,2-7H2,1H3,(H,11,13);3-5H,1-2H3,(H,9,13)(H,10,11). The number of likely N-dealkylation sites (N-methyl/N-ethyl adjacent to an activating group) is 1. The monoisotopic (exact) mass is 363 g/mol. The number of amides is 2. The number of nitrogens with zero attached hydrogens (tertiary/aromatic N) is 2. The first-order valence-electron chi connectivity index (χ1n) is 9.13. The number of H-pyrrole nitrogens is 1. The van der Waals surface area contributed by atoms with Crippen LogP contribution in [0.1, 0.15) is 61.8 Å². The van der Waals surface area contributed by atoms with Crippen LogP contribution in [-0.2, 0) is 9.59 Å². The fraction of sp³-hybridized carbons (Fsp3) is 0.667. The summed E-state index contributed by atoms with van der Waals surface area (Å²) in [4.78, 5) is 34.7. The average Bonchev–Trinajstić information content (AvgIpc) is 3.09. The van der Waals surface area contributed by atoms with Crippen LogP contribution in [0.4, 0.5) is 0 Å². The van der Waals surface area contributed by atoms with E-state index < -0.39 is 0 Å². The molecule has 0 radical (unpaired) electrons. The van der Waals surface area contributed by atoms with Gasteiger partial charge in [-0.3, -0.25) is 19.5 Å². The minimum Gasteiger partial charge on any atom is -0.352 e. The molecule has 3 rings (SSSR count). The van der Waals surface area contributed by atoms with E-state index in [4.69, 9.17) is 0 Å². The first-order valence-corrected chi connectivity index (χ1v) is 9.13. The largest absolute Gasteiger partial charge is 0.352 e. The van der Waals surface area contributed by atoms with Gasteiger partial charge in [-0.2, -0.15) is 5.10 Å². The van der Waals surface area contributed by atoms with Crippen molar-refractivity contribution in [2.24, 2.45) is 5.92 Å². The van der Waals surface area contributed by atoms with Gasteiger partial charge in [0.2, 0.25) is 11.8 Å². The summed E-state index contributed by atoms with van der Waals surface area (Å²) in [5.41, 5.74) is 1.06. The van der Waals surface area contributed by atoms with Crippen LogP contribution >= 0.6 is 0 Å². The van der Waals surface area contributed by atoms with Crippen molar-refractivity contribution in [1.29, 1.82) is 0 Å². The van der Waals surface area contributed by atoms with Crippen LogP contribution in [0.15, 0.2) is 6.07 Å². The molecule has 2 aliphatic rings. The van der Waals surface area contributed by atoms with Gasteiger partial charge in [-0.1, -0.05) is 0 Å². The molecule has 3 N–H and O–H groups in total. The van der Waals surface area contributed by atoms with Gasteiger partial charge in [-0.15, -0.1) is 0 Å². The van der Waals surface area contributed by atoms with Crippen LogP contribution in [0, 0.1) is 5.92 Å². The first-order chi connectivity index (χ1) is 12.4. The lowest BCUT2D eigenvalue weighted by Gasteiger charge is -2.12. The van der Waals surface area contributed by atoms with Crippen molar-refractivity contribution in [2.75, 3.05) is 20.1 Å². The third-order valence-corrected chi connectivity index (χ3v) is 4.55. The molecule has 1 saturated carbocycles. The third-order valence-electron chi connectivity index (χ3n) is 4.55. The molecular formula is C18H29N5O3. The first kappa shape index (κ1) is 20.1. The third kappa shape index (κ3) is 6.95. The lowest BCUT2D eigenvalue weighted by atomic mass is 10.2. The summed E-state index contributed by atoms with van der Waals surface area (Å²) in [6.45, 7) is 5.39. The molecule has 1 aliphatic heterocycles. The Labute approximate surface area is 154 Å². The normalized spacial score (nSPS) is 20.7. The zero-order valence-corrected chi connectivity index (χ0v) is 15.7. The summed E-state index contributed by atoms with van der Waals surface area (Å²) in [6.07, 6.45) is 5.06. The summed E-state index contributed by atoms with van der Waals surface area (Å²) in [6, 6.07) is 1.86. The van der Waals surface area contributed by atoms with E-state index in [1.165, 1.54) is 19.8 Å². The number of aldehydes is 1. The van der Waals surface area contributed by atoms with Gasteiger partial charge in [0.25, 0.3) is 0 Å². The molecule has 1 saturated heterocycles. The molecule has 8 nitrogen and oxygen atoms in total. The van der Waals surface area contributed by atoms with Crippen LogP contribution < -0.4 is 10.6 Å². The zero-order chi connectivity index (χ0) is 19.1. The highest BCUT2D eigenvalue weighted by atomic mass is 16.2. The lowest BCUT2D eigenvalue weighted by molar-refractivity contribution is -0.122. The van der Waals surface area contributed by atoms with Gasteiger partial charge in [-0.05, 0) is 51.8 Å². The Balaban J connectivity index is 0.000000187. The van der Waals surface area contributed by atoms with Gasteiger partial charge in [0.15, 0.2) is 6.29 Å². The number of hydrogen-bond acceptors (Lipinski definition) is 5. The van der Waals surface area contributed by atoms with E-state index in [0.29, 0.717) is 23.9 Å². The van der Waals surface area contributed by atoms with Crippen LogP contribution in [-0.4, -0.2) is 59.4 Å². The summed E-state index contributed by atoms with van der Waals surface area (Å²) >= 11 is 0. The van der Waals surface area contributed by atoms with Crippen LogP contribution in [0.2, 0.25) is 0 Å². The van der Waals surface area contributed by atoms with Crippen molar-refractivity contribution in [3.05, 3.63) is 17.5 Å². The van der Waals surface area contributed by atoms with Crippen molar-refractivity contribution < 1.29 is 14.4 Å². The lowest BCUT2D eigenvalue weighted by Crippen LogP contribution is -2.36. The molecule has 0 aromatic carbocycles. The second-order valence-corrected chi connectivity index (χ2v) is 7.25. The number of likely N-dealkylation sites (tertiary alicyclic amines) is 1. The molecule has 2 atom stereocenters. The molecule has 1 aliphatic carbocycles. The van der Waals surface area contributed by atoms with E-state index in [2.05, 4.69) is 32.8 Å². The predicted octanol–water partition coefficient (Wildman–Crippen LogP) is 1.03. The predicted molar refractivity (Wildman–Crippen MR) is 97.6 cm³/mol. The van der Waals surface area contributed by atoms with Gasteiger partial charge in [0.05, 0.1) is 11.7 Å². The van der Waals surface area contributed by atoms with Crippen molar-refractivity contribution in [3.8, 4) is 0 Å². The highest BCUT2D eigenvalue weighted by Gasteiger charge is 2.26. The quantitative estimate of drug-likeness (QED) is 0.654. The fourth-order valence-corrected chi connectivity index (χ4v) is 2.94. The van der Waals surface area contributed by atoms with Crippen molar-refractivity contribution >= 4 is 18.1 Å². The molecule has 0 bridgehead atoms. The molecule has 1 aromatic rings. The molecule has 0 spiro atoms. The molecule has 144 valence electrons. The fourth-order valence-electron chi connectivity index (χ4n) is 2.94. The highest BCUT2D eigenvalue weighted by molar-refractivity contribution is 5.76. The number of aromatic nitrogens is 2. The van der Waals surface area contributed by atoms with Gasteiger partial charge in [0, 0.05) is 25.9 Å². The van der Waals surface area contributed by atoms with Gasteiger partial charge >= 0.3 is 0 Å². The Morgan fingerprint density at radius 3 is 2.65 bits per heavy atom. The van der Waals surface area contributed by atoms with Crippen LogP contribution in [0.5, 0.6) is 0 Å². The maximum Gasteiger partial charge on any atom is 0.220 e. The second kappa shape index (κ2) is 9.47. The topological polar surface area (TPSA) is 107 Å². The molecule has 2 amide bonds. The van der Waals surface area contributed by atoms with E-state index >= 15 is 0 Å². The van der Waals surface area contributed by atoms with Gasteiger partial charge < -0.3 is 15.5 Å². The SMILES string of the molecule is CC(=O)NC(C)c1cc(C=O)n[nH]1.CN1CCC(NC(=O)CC2CC2)C1. The molecular weight excluding hydrogens is 334 g/mol. The van der Waals surface area contributed by atoms with Crippen LogP contribution in [0.25, 0.3) is 0 Å². The minimum atomic E-state index is -0.154. The van der Waals surface area contributed by atoms with E-state index in [1.807, 2.05) is 6.92 Å². The second-order valence-electron chi connectivity index (χ2n) is 7.25. The van der Waals surface area contributed by atoms with Gasteiger partial charge in [-0.25, -0.2) is 0 Å². The maximum absolute atomic E-state index is 11.4. The van der Waals surface area contributed by atoms with E-state index in [0.717, 1.165) is 31.6 Å². The number of carbonyl (C=O) groups excluding carboxylic acids is 3. The highest BCUT2D eigenvalue weighted by Crippen LogP contribution is 2.32. The molecule has 2 heterocycles. The van der Waals surface area contributed by atoms with Crippen LogP contribution in [0.3, 0.4) is 0 Å². The molecule has 2 fully saturated rings. The Hall–Kier alpha value is -2.22. The molecule has 2 unspecified atom stereocenters. The van der Waals surface area contributed by atoms with Crippen molar-refractivity contribution in [3.63, 3.8) is 0 Å². The maximum atomic E-state index is 11.4. The van der Waals surface area contributed by atoms with Crippen molar-refractivity contribution in [1.82, 2.24) is 25.7 Å². The molecule has 1 aromatic heterocycles. The van der Waals surface area contributed by atoms with Gasteiger partial charge in [0.1, 0.15) is 5.69 Å². The number of rotatable bonds is 6. The summed E-state index contributed by atoms with van der Waals surface area (Å²) in [7, 11) is 2.10. The number of carbonyl (C=O) groups is 3. The minimum absolute atomic E-state index is 0.116. The molecule has 26 heavy (non-hydrogen) atoms. The number of nitrogens with one attached hydrogen (secondary N) is 3. The Bertz CT molecular complexity index is 626.